The van der Waals surface area contributed by atoms with Crippen molar-refractivity contribution in [1.82, 2.24) is 4.98 Å². The van der Waals surface area contributed by atoms with Crippen molar-refractivity contribution in [3.63, 3.8) is 0 Å². The lowest BCUT2D eigenvalue weighted by molar-refractivity contribution is 0.282. The standard InChI is InChI=1S/C16H20N2O/c1-4-18(10-12(2)3)16-14(11-19)9-13-7-5-6-8-15(13)17-16/h5-9,19H,2,4,10-11H2,1,3H3. The van der Waals surface area contributed by atoms with E-state index < -0.39 is 0 Å². The molecule has 100 valence electrons. The normalized spacial score (nSPS) is 10.7. The molecule has 1 heterocycles. The Labute approximate surface area is 114 Å². The second-order valence-corrected chi connectivity index (χ2v) is 4.79. The summed E-state index contributed by atoms with van der Waals surface area (Å²) in [6, 6.07) is 9.98. The Morgan fingerprint density at radius 3 is 2.74 bits per heavy atom. The Kier molecular flexibility index (Phi) is 4.17. The monoisotopic (exact) mass is 256 g/mol. The molecule has 0 aliphatic heterocycles. The molecule has 0 spiro atoms. The van der Waals surface area contributed by atoms with Gasteiger partial charge in [-0.25, -0.2) is 4.98 Å². The zero-order chi connectivity index (χ0) is 13.8. The number of likely N-dealkylation sites (N-methyl/N-ethyl adjacent to an activating group) is 1. The van der Waals surface area contributed by atoms with Crippen LogP contribution in [0.3, 0.4) is 0 Å². The number of hydrogen-bond acceptors (Lipinski definition) is 3. The van der Waals surface area contributed by atoms with E-state index in [1.807, 2.05) is 37.3 Å². The lowest BCUT2D eigenvalue weighted by Crippen LogP contribution is -2.26. The van der Waals surface area contributed by atoms with Crippen molar-refractivity contribution in [2.45, 2.75) is 20.5 Å². The van der Waals surface area contributed by atoms with Gasteiger partial charge in [0.25, 0.3) is 0 Å². The molecule has 2 rings (SSSR count). The lowest BCUT2D eigenvalue weighted by atomic mass is 10.1. The molecule has 19 heavy (non-hydrogen) atoms. The average Bonchev–Trinajstić information content (AvgIpc) is 2.43. The number of aliphatic hydroxyl groups excluding tert-OH is 1. The van der Waals surface area contributed by atoms with Crippen LogP contribution < -0.4 is 4.90 Å². The van der Waals surface area contributed by atoms with Crippen LogP contribution in [0.25, 0.3) is 10.9 Å². The number of para-hydroxylation sites is 1. The maximum absolute atomic E-state index is 9.57. The van der Waals surface area contributed by atoms with Crippen molar-refractivity contribution in [2.24, 2.45) is 0 Å². The first-order valence-corrected chi connectivity index (χ1v) is 6.54. The Bertz CT molecular complexity index is 592. The van der Waals surface area contributed by atoms with E-state index in [2.05, 4.69) is 18.4 Å². The molecule has 0 saturated heterocycles. The molecule has 2 aromatic rings. The van der Waals surface area contributed by atoms with Crippen LogP contribution in [0.5, 0.6) is 0 Å². The molecule has 0 bridgehead atoms. The van der Waals surface area contributed by atoms with E-state index in [1.54, 1.807) is 0 Å². The smallest absolute Gasteiger partial charge is 0.135 e. The summed E-state index contributed by atoms with van der Waals surface area (Å²) < 4.78 is 0. The second-order valence-electron chi connectivity index (χ2n) is 4.79. The van der Waals surface area contributed by atoms with Gasteiger partial charge in [0.2, 0.25) is 0 Å². The third-order valence-electron chi connectivity index (χ3n) is 3.09. The van der Waals surface area contributed by atoms with Crippen molar-refractivity contribution in [2.75, 3.05) is 18.0 Å². The van der Waals surface area contributed by atoms with Crippen LogP contribution in [-0.2, 0) is 6.61 Å². The Morgan fingerprint density at radius 1 is 1.37 bits per heavy atom. The minimum Gasteiger partial charge on any atom is -0.392 e. The molecule has 0 amide bonds. The Hall–Kier alpha value is -1.87. The van der Waals surface area contributed by atoms with Crippen LogP contribution in [0.15, 0.2) is 42.5 Å². The lowest BCUT2D eigenvalue weighted by Gasteiger charge is -2.24. The van der Waals surface area contributed by atoms with Gasteiger partial charge in [-0.2, -0.15) is 0 Å². The summed E-state index contributed by atoms with van der Waals surface area (Å²) in [4.78, 5) is 6.83. The molecule has 0 aliphatic carbocycles. The number of pyridine rings is 1. The first-order valence-electron chi connectivity index (χ1n) is 6.54. The van der Waals surface area contributed by atoms with Gasteiger partial charge in [0.05, 0.1) is 12.1 Å². The highest BCUT2D eigenvalue weighted by molar-refractivity contribution is 5.81. The average molecular weight is 256 g/mol. The number of aromatic nitrogens is 1. The number of fused-ring (bicyclic) bond motifs is 1. The van der Waals surface area contributed by atoms with Crippen molar-refractivity contribution < 1.29 is 5.11 Å². The van der Waals surface area contributed by atoms with Crippen LogP contribution in [-0.4, -0.2) is 23.2 Å². The summed E-state index contributed by atoms with van der Waals surface area (Å²) >= 11 is 0. The predicted octanol–water partition coefficient (Wildman–Crippen LogP) is 3.13. The van der Waals surface area contributed by atoms with Gasteiger partial charge in [0.1, 0.15) is 5.82 Å². The number of rotatable bonds is 5. The van der Waals surface area contributed by atoms with Crippen molar-refractivity contribution in [3.8, 4) is 0 Å². The molecule has 1 aromatic carbocycles. The predicted molar refractivity (Wildman–Crippen MR) is 80.4 cm³/mol. The molecule has 0 aliphatic rings. The van der Waals surface area contributed by atoms with E-state index in [1.165, 1.54) is 0 Å². The molecule has 0 saturated carbocycles. The molecule has 0 atom stereocenters. The molecule has 0 fully saturated rings. The molecule has 1 aromatic heterocycles. The number of hydrogen-bond donors (Lipinski definition) is 1. The fraction of sp³-hybridized carbons (Fsp3) is 0.312. The van der Waals surface area contributed by atoms with Crippen LogP contribution in [0.1, 0.15) is 19.4 Å². The van der Waals surface area contributed by atoms with E-state index in [0.29, 0.717) is 0 Å². The van der Waals surface area contributed by atoms with Gasteiger partial charge < -0.3 is 10.0 Å². The molecular weight excluding hydrogens is 236 g/mol. The third kappa shape index (κ3) is 2.93. The van der Waals surface area contributed by atoms with Gasteiger partial charge >= 0.3 is 0 Å². The van der Waals surface area contributed by atoms with Crippen LogP contribution >= 0.6 is 0 Å². The van der Waals surface area contributed by atoms with Crippen molar-refractivity contribution in [1.29, 1.82) is 0 Å². The van der Waals surface area contributed by atoms with Crippen molar-refractivity contribution >= 4 is 16.7 Å². The van der Waals surface area contributed by atoms with Gasteiger partial charge in [0, 0.05) is 24.0 Å². The summed E-state index contributed by atoms with van der Waals surface area (Å²) in [5, 5.41) is 10.6. The summed E-state index contributed by atoms with van der Waals surface area (Å²) in [6.07, 6.45) is 0. The van der Waals surface area contributed by atoms with E-state index in [0.717, 1.165) is 40.9 Å². The van der Waals surface area contributed by atoms with E-state index >= 15 is 0 Å². The number of aliphatic hydroxyl groups is 1. The Balaban J connectivity index is 2.53. The minimum absolute atomic E-state index is 0.000141. The van der Waals surface area contributed by atoms with Gasteiger partial charge in [0.15, 0.2) is 0 Å². The Morgan fingerprint density at radius 2 is 2.11 bits per heavy atom. The molecule has 0 unspecified atom stereocenters. The number of nitrogens with zero attached hydrogens (tertiary/aromatic N) is 2. The molecule has 0 radical (unpaired) electrons. The highest BCUT2D eigenvalue weighted by atomic mass is 16.3. The van der Waals surface area contributed by atoms with Gasteiger partial charge in [-0.05, 0) is 26.0 Å². The summed E-state index contributed by atoms with van der Waals surface area (Å²) in [5.74, 6) is 0.853. The molecule has 3 nitrogen and oxygen atoms in total. The largest absolute Gasteiger partial charge is 0.392 e. The quantitative estimate of drug-likeness (QED) is 0.835. The van der Waals surface area contributed by atoms with E-state index in [-0.39, 0.29) is 6.61 Å². The zero-order valence-electron chi connectivity index (χ0n) is 11.6. The van der Waals surface area contributed by atoms with E-state index in [9.17, 15) is 5.11 Å². The van der Waals surface area contributed by atoms with Gasteiger partial charge in [-0.1, -0.05) is 30.4 Å². The molecule has 1 N–H and O–H groups in total. The van der Waals surface area contributed by atoms with E-state index in [4.69, 9.17) is 4.98 Å². The SMILES string of the molecule is C=C(C)CN(CC)c1nc2ccccc2cc1CO. The highest BCUT2D eigenvalue weighted by Gasteiger charge is 2.12. The topological polar surface area (TPSA) is 36.4 Å². The molecular formula is C16H20N2O. The second kappa shape index (κ2) is 5.85. The van der Waals surface area contributed by atoms with Crippen LogP contribution in [0, 0.1) is 0 Å². The first kappa shape index (κ1) is 13.6. The fourth-order valence-corrected chi connectivity index (χ4v) is 2.20. The fourth-order valence-electron chi connectivity index (χ4n) is 2.20. The summed E-state index contributed by atoms with van der Waals surface area (Å²) in [6.45, 7) is 9.64. The summed E-state index contributed by atoms with van der Waals surface area (Å²) in [5.41, 5.74) is 2.90. The maximum atomic E-state index is 9.57. The summed E-state index contributed by atoms with van der Waals surface area (Å²) in [7, 11) is 0. The van der Waals surface area contributed by atoms with Gasteiger partial charge in [-0.15, -0.1) is 0 Å². The highest BCUT2D eigenvalue weighted by Crippen LogP contribution is 2.24. The first-order chi connectivity index (χ1) is 9.15. The van der Waals surface area contributed by atoms with Crippen LogP contribution in [0.4, 0.5) is 5.82 Å². The van der Waals surface area contributed by atoms with Crippen molar-refractivity contribution in [3.05, 3.63) is 48.0 Å². The number of anilines is 1. The molecule has 3 heteroatoms. The van der Waals surface area contributed by atoms with Gasteiger partial charge in [-0.3, -0.25) is 0 Å². The minimum atomic E-state index is -0.000141. The third-order valence-corrected chi connectivity index (χ3v) is 3.09. The maximum Gasteiger partial charge on any atom is 0.135 e. The zero-order valence-corrected chi connectivity index (χ0v) is 11.6. The van der Waals surface area contributed by atoms with Crippen LogP contribution in [0.2, 0.25) is 0 Å². The number of benzene rings is 1.